The number of ether oxygens (including phenoxy) is 3. The fourth-order valence-electron chi connectivity index (χ4n) is 2.52. The van der Waals surface area contributed by atoms with Gasteiger partial charge in [0.1, 0.15) is 18.1 Å². The van der Waals surface area contributed by atoms with Gasteiger partial charge in [0, 0.05) is 13.2 Å². The molecule has 1 aromatic heterocycles. The molecule has 152 valence electrons. The summed E-state index contributed by atoms with van der Waals surface area (Å²) in [5.74, 6) is -2.98. The molecule has 1 N–H and O–H groups in total. The van der Waals surface area contributed by atoms with Crippen molar-refractivity contribution in [2.75, 3.05) is 14.2 Å². The number of methoxy groups -OCH3 is 2. The molecule has 10 heteroatoms. The molecule has 0 aliphatic carbocycles. The molecule has 0 amide bonds. The van der Waals surface area contributed by atoms with E-state index in [4.69, 9.17) is 9.15 Å². The Balaban J connectivity index is 2.49. The van der Waals surface area contributed by atoms with Crippen LogP contribution in [0.1, 0.15) is 29.4 Å². The molecule has 0 saturated heterocycles. The van der Waals surface area contributed by atoms with E-state index in [9.17, 15) is 27.9 Å². The van der Waals surface area contributed by atoms with Crippen LogP contribution in [0.5, 0.6) is 11.5 Å². The summed E-state index contributed by atoms with van der Waals surface area (Å²) < 4.78 is 55.8. The minimum absolute atomic E-state index is 0.0637. The zero-order valence-corrected chi connectivity index (χ0v) is 14.9. The largest absolute Gasteiger partial charge is 0.573 e. The first kappa shape index (κ1) is 21.3. The first-order valence-electron chi connectivity index (χ1n) is 7.92. The monoisotopic (exact) mass is 402 g/mol. The van der Waals surface area contributed by atoms with E-state index < -0.39 is 35.2 Å². The maximum atomic E-state index is 12.3. The Morgan fingerprint density at radius 3 is 2.39 bits per heavy atom. The molecule has 0 saturated carbocycles. The number of carbonyl (C=O) groups is 1. The number of rotatable bonds is 7. The molecule has 1 unspecified atom stereocenters. The van der Waals surface area contributed by atoms with E-state index >= 15 is 0 Å². The van der Waals surface area contributed by atoms with Gasteiger partial charge in [0.15, 0.2) is 5.76 Å². The number of aromatic hydroxyl groups is 1. The summed E-state index contributed by atoms with van der Waals surface area (Å²) in [5.41, 5.74) is -0.451. The third-order valence-corrected chi connectivity index (χ3v) is 3.72. The Labute approximate surface area is 157 Å². The Bertz CT molecular complexity index is 872. The highest BCUT2D eigenvalue weighted by Gasteiger charge is 2.31. The number of hydrogen-bond donors (Lipinski definition) is 1. The Morgan fingerprint density at radius 2 is 1.86 bits per heavy atom. The lowest BCUT2D eigenvalue weighted by Crippen LogP contribution is -2.17. The quantitative estimate of drug-likeness (QED) is 0.711. The summed E-state index contributed by atoms with van der Waals surface area (Å²) >= 11 is 0. The summed E-state index contributed by atoms with van der Waals surface area (Å²) in [6.07, 6.45) is -5.19. The second-order valence-electron chi connectivity index (χ2n) is 5.67. The fraction of sp³-hybridized carbons (Fsp3) is 0.333. The summed E-state index contributed by atoms with van der Waals surface area (Å²) in [6, 6.07) is 5.65. The lowest BCUT2D eigenvalue weighted by molar-refractivity contribution is -0.274. The SMILES string of the molecule is COCc1cc(=O)c(O)c(C(CC(=O)OC)c2ccc(OC(F)(F)F)cc2)o1. The number of halogens is 3. The molecule has 0 aliphatic heterocycles. The highest BCUT2D eigenvalue weighted by atomic mass is 19.4. The van der Waals surface area contributed by atoms with E-state index in [0.717, 1.165) is 25.3 Å². The van der Waals surface area contributed by atoms with Gasteiger partial charge in [-0.2, -0.15) is 0 Å². The predicted octanol–water partition coefficient (Wildman–Crippen LogP) is 3.09. The first-order valence-corrected chi connectivity index (χ1v) is 7.92. The predicted molar refractivity (Wildman–Crippen MR) is 89.0 cm³/mol. The van der Waals surface area contributed by atoms with Crippen molar-refractivity contribution >= 4 is 5.97 Å². The number of esters is 1. The van der Waals surface area contributed by atoms with Gasteiger partial charge in [-0.15, -0.1) is 13.2 Å². The van der Waals surface area contributed by atoms with E-state index in [1.54, 1.807) is 0 Å². The number of alkyl halides is 3. The van der Waals surface area contributed by atoms with Gasteiger partial charge >= 0.3 is 12.3 Å². The van der Waals surface area contributed by atoms with Crippen molar-refractivity contribution in [1.29, 1.82) is 0 Å². The second kappa shape index (κ2) is 8.79. The molecular weight excluding hydrogens is 385 g/mol. The molecular formula is C18H17F3O7. The Hall–Kier alpha value is -3.01. The maximum absolute atomic E-state index is 12.3. The normalized spacial score (nSPS) is 12.5. The number of benzene rings is 1. The van der Waals surface area contributed by atoms with Gasteiger partial charge in [-0.25, -0.2) is 0 Å². The van der Waals surface area contributed by atoms with Crippen LogP contribution in [0.3, 0.4) is 0 Å². The number of hydrogen-bond acceptors (Lipinski definition) is 7. The fourth-order valence-corrected chi connectivity index (χ4v) is 2.52. The van der Waals surface area contributed by atoms with Crippen LogP contribution in [0.15, 0.2) is 39.5 Å². The third-order valence-electron chi connectivity index (χ3n) is 3.72. The van der Waals surface area contributed by atoms with Crippen molar-refractivity contribution in [1.82, 2.24) is 0 Å². The second-order valence-corrected chi connectivity index (χ2v) is 5.67. The molecule has 0 fully saturated rings. The van der Waals surface area contributed by atoms with E-state index in [-0.39, 0.29) is 24.5 Å². The van der Waals surface area contributed by atoms with Crippen molar-refractivity contribution in [3.8, 4) is 11.5 Å². The molecule has 2 aromatic rings. The van der Waals surface area contributed by atoms with Gasteiger partial charge in [-0.1, -0.05) is 12.1 Å². The standard InChI is InChI=1S/C18H17F3O7/c1-25-9-12-7-14(22)16(24)17(27-12)13(8-15(23)26-2)10-3-5-11(6-4-10)28-18(19,20)21/h3-7,13,24H,8-9H2,1-2H3. The van der Waals surface area contributed by atoms with Crippen LogP contribution in [0.4, 0.5) is 13.2 Å². The van der Waals surface area contributed by atoms with Crippen LogP contribution in [0, 0.1) is 0 Å². The number of carbonyl (C=O) groups excluding carboxylic acids is 1. The van der Waals surface area contributed by atoms with Crippen LogP contribution in [-0.2, 0) is 20.9 Å². The van der Waals surface area contributed by atoms with Gasteiger partial charge in [-0.05, 0) is 17.7 Å². The van der Waals surface area contributed by atoms with Crippen molar-refractivity contribution in [3.63, 3.8) is 0 Å². The van der Waals surface area contributed by atoms with Crippen molar-refractivity contribution in [2.24, 2.45) is 0 Å². The van der Waals surface area contributed by atoms with Gasteiger partial charge in [0.25, 0.3) is 0 Å². The molecule has 0 radical (unpaired) electrons. The average molecular weight is 402 g/mol. The van der Waals surface area contributed by atoms with Crippen LogP contribution in [0.2, 0.25) is 0 Å². The molecule has 0 spiro atoms. The van der Waals surface area contributed by atoms with E-state index in [1.165, 1.54) is 19.2 Å². The molecule has 0 aliphatic rings. The highest BCUT2D eigenvalue weighted by Crippen LogP contribution is 2.34. The zero-order chi connectivity index (χ0) is 20.9. The van der Waals surface area contributed by atoms with Crippen LogP contribution >= 0.6 is 0 Å². The van der Waals surface area contributed by atoms with Crippen LogP contribution in [-0.4, -0.2) is 31.7 Å². The third kappa shape index (κ3) is 5.49. The molecule has 7 nitrogen and oxygen atoms in total. The maximum Gasteiger partial charge on any atom is 0.573 e. The Kier molecular flexibility index (Phi) is 6.68. The zero-order valence-electron chi connectivity index (χ0n) is 14.9. The van der Waals surface area contributed by atoms with Crippen molar-refractivity contribution in [3.05, 3.63) is 57.6 Å². The lowest BCUT2D eigenvalue weighted by atomic mass is 9.92. The van der Waals surface area contributed by atoms with Gasteiger partial charge < -0.3 is 23.7 Å². The van der Waals surface area contributed by atoms with E-state index in [2.05, 4.69) is 9.47 Å². The van der Waals surface area contributed by atoms with E-state index in [1.807, 2.05) is 0 Å². The Morgan fingerprint density at radius 1 is 1.21 bits per heavy atom. The van der Waals surface area contributed by atoms with Gasteiger partial charge in [0.05, 0.1) is 19.4 Å². The molecule has 1 heterocycles. The summed E-state index contributed by atoms with van der Waals surface area (Å²) in [6.45, 7) is -0.0637. The minimum atomic E-state index is -4.85. The molecule has 2 rings (SSSR count). The highest BCUT2D eigenvalue weighted by molar-refractivity contribution is 5.71. The average Bonchev–Trinajstić information content (AvgIpc) is 2.62. The van der Waals surface area contributed by atoms with E-state index in [0.29, 0.717) is 5.56 Å². The lowest BCUT2D eigenvalue weighted by Gasteiger charge is -2.18. The van der Waals surface area contributed by atoms with Gasteiger partial charge in [0.2, 0.25) is 11.2 Å². The topological polar surface area (TPSA) is 95.2 Å². The summed E-state index contributed by atoms with van der Waals surface area (Å²) in [5, 5.41) is 10.1. The first-order chi connectivity index (χ1) is 13.1. The summed E-state index contributed by atoms with van der Waals surface area (Å²) in [4.78, 5) is 23.8. The molecule has 28 heavy (non-hydrogen) atoms. The summed E-state index contributed by atoms with van der Waals surface area (Å²) in [7, 11) is 2.52. The minimum Gasteiger partial charge on any atom is -0.502 e. The molecule has 1 aromatic carbocycles. The molecule has 1 atom stereocenters. The van der Waals surface area contributed by atoms with Crippen LogP contribution in [0.25, 0.3) is 0 Å². The van der Waals surface area contributed by atoms with Gasteiger partial charge in [-0.3, -0.25) is 9.59 Å². The van der Waals surface area contributed by atoms with Crippen molar-refractivity contribution in [2.45, 2.75) is 25.3 Å². The van der Waals surface area contributed by atoms with Crippen molar-refractivity contribution < 1.29 is 41.7 Å². The molecule has 0 bridgehead atoms. The van der Waals surface area contributed by atoms with Crippen LogP contribution < -0.4 is 10.2 Å². The smallest absolute Gasteiger partial charge is 0.502 e.